The van der Waals surface area contributed by atoms with Crippen molar-refractivity contribution in [3.63, 3.8) is 0 Å². The molecule has 4 aliphatic rings. The molecule has 338 valence electrons. The smallest absolute Gasteiger partial charge is 0.394 e. The van der Waals surface area contributed by atoms with Crippen molar-refractivity contribution in [1.82, 2.24) is 10.6 Å². The van der Waals surface area contributed by atoms with Gasteiger partial charge in [0, 0.05) is 20.4 Å². The van der Waals surface area contributed by atoms with Crippen LogP contribution in [-0.4, -0.2) is 235 Å². The maximum absolute atomic E-state index is 12.7. The predicted molar refractivity (Wildman–Crippen MR) is 181 cm³/mol. The molecule has 4 aliphatic heterocycles. The number of nitrogens with one attached hydrogen (secondary N) is 2. The third kappa shape index (κ3) is 11.6. The molecule has 0 aromatic rings. The van der Waals surface area contributed by atoms with Gasteiger partial charge in [0.15, 0.2) is 25.2 Å². The van der Waals surface area contributed by atoms with Crippen molar-refractivity contribution < 1.29 is 117 Å². The summed E-state index contributed by atoms with van der Waals surface area (Å²) in [7, 11) is -4.93. The minimum atomic E-state index is -4.93. The molecule has 28 heteroatoms. The molecule has 0 aliphatic carbocycles. The van der Waals surface area contributed by atoms with Gasteiger partial charge >= 0.3 is 7.82 Å². The summed E-state index contributed by atoms with van der Waals surface area (Å²) in [6.07, 6.45) is -33.4. The lowest BCUT2D eigenvalue weighted by molar-refractivity contribution is -0.377. The second-order valence-corrected chi connectivity index (χ2v) is 15.3. The molecule has 2 amide bonds. The van der Waals surface area contributed by atoms with Crippen LogP contribution in [0, 0.1) is 0 Å². The lowest BCUT2D eigenvalue weighted by Gasteiger charge is -2.50. The lowest BCUT2D eigenvalue weighted by Crippen LogP contribution is -2.70. The Bertz CT molecular complexity index is 1370. The number of ether oxygens (including phenoxy) is 7. The van der Waals surface area contributed by atoms with E-state index in [2.05, 4.69) is 10.6 Å². The zero-order valence-electron chi connectivity index (χ0n) is 31.1. The van der Waals surface area contributed by atoms with Gasteiger partial charge < -0.3 is 111 Å². The number of rotatable bonds is 17. The first kappa shape index (κ1) is 49.0. The first-order valence-electron chi connectivity index (χ1n) is 18.0. The normalized spacial score (nSPS) is 44.6. The molecule has 0 aromatic carbocycles. The van der Waals surface area contributed by atoms with Gasteiger partial charge in [-0.1, -0.05) is 0 Å². The molecule has 58 heavy (non-hydrogen) atoms. The van der Waals surface area contributed by atoms with Crippen LogP contribution in [-0.2, 0) is 56.4 Å². The molecule has 16 N–H and O–H groups in total. The number of nitrogens with two attached hydrogens (primary N) is 1. The van der Waals surface area contributed by atoms with Crippen molar-refractivity contribution in [3.05, 3.63) is 0 Å². The molecule has 1 unspecified atom stereocenters. The van der Waals surface area contributed by atoms with Crippen LogP contribution in [0.15, 0.2) is 0 Å². The monoisotopic (exact) mass is 871 g/mol. The highest BCUT2D eigenvalue weighted by Crippen LogP contribution is 2.44. The highest BCUT2D eigenvalue weighted by atomic mass is 31.2. The van der Waals surface area contributed by atoms with E-state index in [0.717, 1.165) is 13.8 Å². The fourth-order valence-corrected chi connectivity index (χ4v) is 7.46. The molecule has 0 bridgehead atoms. The van der Waals surface area contributed by atoms with E-state index >= 15 is 0 Å². The summed E-state index contributed by atoms with van der Waals surface area (Å²) in [5.41, 5.74) is 5.34. The van der Waals surface area contributed by atoms with E-state index in [1.165, 1.54) is 0 Å². The Morgan fingerprint density at radius 3 is 1.62 bits per heavy atom. The number of phosphoric acid groups is 1. The van der Waals surface area contributed by atoms with Crippen molar-refractivity contribution in [3.8, 4) is 0 Å². The molecule has 4 rings (SSSR count). The standard InChI is InChI=1S/C30H54N3O24P/c1-9(37)32-15-19(41)17(39)11(5-34)52-28(15)55-25-14(8-50-58(47,48)49-4-3-31)54-29(16(20(25)42)33-10(2)38)57-26-18(40)12(6-35)53-30(23(26)45)56-24-13(7-36)51-27(46)22(44)21(24)43/h11-30,34-36,39-46H,3-8,31H2,1-2H3,(H,32,37)(H,33,38)(H,47,48)/t11-,12-,13-,14-,15-,16-,17+,18-,19-,20-,21-,22-,23+,24-,25-,26+,27-,28+,29+,30+/m1/s1. The minimum Gasteiger partial charge on any atom is -0.394 e. The minimum absolute atomic E-state index is 0.207. The van der Waals surface area contributed by atoms with Crippen LogP contribution in [0.2, 0.25) is 0 Å². The molecule has 0 saturated carbocycles. The highest BCUT2D eigenvalue weighted by Gasteiger charge is 2.56. The number of hydrogen-bond acceptors (Lipinski definition) is 24. The highest BCUT2D eigenvalue weighted by molar-refractivity contribution is 7.47. The van der Waals surface area contributed by atoms with Crippen LogP contribution in [0.5, 0.6) is 0 Å². The van der Waals surface area contributed by atoms with E-state index in [4.69, 9.17) is 47.9 Å². The molecule has 27 nitrogen and oxygen atoms in total. The van der Waals surface area contributed by atoms with E-state index in [9.17, 15) is 75.2 Å². The van der Waals surface area contributed by atoms with Gasteiger partial charge in [-0.15, -0.1) is 0 Å². The predicted octanol–water partition coefficient (Wildman–Crippen LogP) is -9.36. The van der Waals surface area contributed by atoms with Gasteiger partial charge in [-0.25, -0.2) is 4.57 Å². The van der Waals surface area contributed by atoms with Crippen LogP contribution < -0.4 is 16.4 Å². The Labute approximate surface area is 329 Å². The van der Waals surface area contributed by atoms with Crippen LogP contribution in [0.1, 0.15) is 13.8 Å². The van der Waals surface area contributed by atoms with E-state index in [-0.39, 0.29) is 6.54 Å². The average molecular weight is 872 g/mol. The Morgan fingerprint density at radius 2 is 1.07 bits per heavy atom. The molecule has 0 spiro atoms. The van der Waals surface area contributed by atoms with Crippen molar-refractivity contribution in [1.29, 1.82) is 0 Å². The Hall–Kier alpha value is -1.71. The average Bonchev–Trinajstić information content (AvgIpc) is 3.17. The Morgan fingerprint density at radius 1 is 0.586 bits per heavy atom. The third-order valence-corrected chi connectivity index (χ3v) is 10.6. The molecule has 21 atom stereocenters. The fraction of sp³-hybridized carbons (Fsp3) is 0.933. The van der Waals surface area contributed by atoms with Crippen molar-refractivity contribution in [2.75, 3.05) is 39.6 Å². The second kappa shape index (κ2) is 21.4. The summed E-state index contributed by atoms with van der Waals surface area (Å²) < 4.78 is 62.1. The number of aliphatic hydroxyl groups excluding tert-OH is 11. The Kier molecular flexibility index (Phi) is 18.1. The zero-order valence-corrected chi connectivity index (χ0v) is 32.0. The van der Waals surface area contributed by atoms with Gasteiger partial charge in [0.2, 0.25) is 11.8 Å². The quantitative estimate of drug-likeness (QED) is 0.0603. The number of amides is 2. The molecular formula is C30H54N3O24P. The van der Waals surface area contributed by atoms with Crippen molar-refractivity contribution >= 4 is 19.6 Å². The van der Waals surface area contributed by atoms with Crippen LogP contribution in [0.25, 0.3) is 0 Å². The maximum Gasteiger partial charge on any atom is 0.472 e. The van der Waals surface area contributed by atoms with Crippen LogP contribution in [0.3, 0.4) is 0 Å². The summed E-state index contributed by atoms with van der Waals surface area (Å²) in [6, 6.07) is -3.35. The SMILES string of the molecule is CC(=O)N[C@H]1[C@H](O[C@@H]2[C@H](O)[C@H](O[C@H]3[C@H](O)[C@@H](O)[C@H](O)O[C@@H]3CO)O[C@H](CO)[C@H]2O)O[C@H](COP(=O)(O)OCCN)[C@@H](O[C@@H]2O[C@H](CO)[C@H](O)[C@H](O)[C@H]2NC(C)=O)[C@@H]1O. The summed E-state index contributed by atoms with van der Waals surface area (Å²) in [5.74, 6) is -1.58. The topological polar surface area (TPSA) is 427 Å². The first-order chi connectivity index (χ1) is 27.3. The van der Waals surface area contributed by atoms with Gasteiger partial charge in [0.25, 0.3) is 0 Å². The maximum atomic E-state index is 12.7. The van der Waals surface area contributed by atoms with Gasteiger partial charge in [0.1, 0.15) is 97.5 Å². The number of aliphatic hydroxyl groups is 11. The zero-order chi connectivity index (χ0) is 43.2. The first-order valence-corrected chi connectivity index (χ1v) is 19.5. The van der Waals surface area contributed by atoms with E-state index in [1.54, 1.807) is 0 Å². The summed E-state index contributed by atoms with van der Waals surface area (Å²) in [6.45, 7) is -2.32. The van der Waals surface area contributed by atoms with E-state index in [0.29, 0.717) is 0 Å². The van der Waals surface area contributed by atoms with Gasteiger partial charge in [-0.05, 0) is 0 Å². The molecule has 4 saturated heterocycles. The van der Waals surface area contributed by atoms with Gasteiger partial charge in [-0.2, -0.15) is 0 Å². The van der Waals surface area contributed by atoms with E-state index in [1.807, 2.05) is 0 Å². The summed E-state index contributed by atoms with van der Waals surface area (Å²) in [4.78, 5) is 34.8. The van der Waals surface area contributed by atoms with Crippen LogP contribution in [0.4, 0.5) is 0 Å². The lowest BCUT2D eigenvalue weighted by atomic mass is 9.94. The Balaban J connectivity index is 1.68. The number of carbonyl (C=O) groups excluding carboxylic acids is 2. The molecule has 0 aromatic heterocycles. The third-order valence-electron chi connectivity index (χ3n) is 9.60. The van der Waals surface area contributed by atoms with Gasteiger partial charge in [-0.3, -0.25) is 18.6 Å². The molecule has 4 heterocycles. The second-order valence-electron chi connectivity index (χ2n) is 13.8. The molecule has 0 radical (unpaired) electrons. The van der Waals surface area contributed by atoms with Crippen molar-refractivity contribution in [2.45, 2.75) is 137 Å². The number of phosphoric ester groups is 1. The van der Waals surface area contributed by atoms with E-state index < -0.39 is 175 Å². The van der Waals surface area contributed by atoms with Crippen molar-refractivity contribution in [2.24, 2.45) is 5.73 Å². The number of carbonyl (C=O) groups is 2. The summed E-state index contributed by atoms with van der Waals surface area (Å²) in [5, 5.41) is 121. The fourth-order valence-electron chi connectivity index (χ4n) is 6.71. The van der Waals surface area contributed by atoms with Crippen LogP contribution >= 0.6 is 7.82 Å². The summed E-state index contributed by atoms with van der Waals surface area (Å²) >= 11 is 0. The van der Waals surface area contributed by atoms with Gasteiger partial charge in [0.05, 0.1) is 33.0 Å². The largest absolute Gasteiger partial charge is 0.472 e. The number of hydrogen-bond donors (Lipinski definition) is 15. The molecule has 4 fully saturated rings. The molecular weight excluding hydrogens is 817 g/mol.